The maximum absolute atomic E-state index is 4.17. The van der Waals surface area contributed by atoms with Crippen LogP contribution in [0.15, 0.2) is 0 Å². The van der Waals surface area contributed by atoms with Gasteiger partial charge in [0.1, 0.15) is 5.01 Å². The van der Waals surface area contributed by atoms with Gasteiger partial charge < -0.3 is 10.2 Å². The van der Waals surface area contributed by atoms with Gasteiger partial charge in [0.25, 0.3) is 0 Å². The van der Waals surface area contributed by atoms with E-state index in [1.54, 1.807) is 11.3 Å². The van der Waals surface area contributed by atoms with E-state index in [4.69, 9.17) is 0 Å². The first-order chi connectivity index (χ1) is 8.17. The quantitative estimate of drug-likeness (QED) is 0.849. The Hall–Kier alpha value is -0.720. The third-order valence-corrected chi connectivity index (χ3v) is 4.07. The summed E-state index contributed by atoms with van der Waals surface area (Å²) < 4.78 is 0. The van der Waals surface area contributed by atoms with Crippen LogP contribution in [0.3, 0.4) is 0 Å². The van der Waals surface area contributed by atoms with E-state index in [1.165, 1.54) is 19.5 Å². The highest BCUT2D eigenvalue weighted by Crippen LogP contribution is 2.18. The van der Waals surface area contributed by atoms with E-state index in [-0.39, 0.29) is 0 Å². The molecule has 1 aromatic rings. The highest BCUT2D eigenvalue weighted by Gasteiger charge is 2.21. The molecule has 6 heteroatoms. The fourth-order valence-corrected chi connectivity index (χ4v) is 3.10. The second-order valence-corrected chi connectivity index (χ2v) is 5.93. The first kappa shape index (κ1) is 12.7. The lowest BCUT2D eigenvalue weighted by Crippen LogP contribution is -2.27. The number of rotatable bonds is 5. The van der Waals surface area contributed by atoms with Crippen molar-refractivity contribution in [2.45, 2.75) is 13.0 Å². The molecule has 5 nitrogen and oxygen atoms in total. The van der Waals surface area contributed by atoms with Crippen LogP contribution in [-0.2, 0) is 6.54 Å². The number of nitrogens with zero attached hydrogens (tertiary/aromatic N) is 4. The molecule has 1 N–H and O–H groups in total. The van der Waals surface area contributed by atoms with Crippen molar-refractivity contribution in [1.29, 1.82) is 0 Å². The molecule has 0 radical (unpaired) electrons. The largest absolute Gasteiger partial charge is 0.363 e. The Morgan fingerprint density at radius 3 is 2.94 bits per heavy atom. The van der Waals surface area contributed by atoms with E-state index in [0.29, 0.717) is 0 Å². The van der Waals surface area contributed by atoms with Gasteiger partial charge in [-0.15, -0.1) is 10.2 Å². The number of aromatic nitrogens is 2. The molecule has 1 fully saturated rings. The predicted octanol–water partition coefficient (Wildman–Crippen LogP) is 0.963. The highest BCUT2D eigenvalue weighted by atomic mass is 32.1. The van der Waals surface area contributed by atoms with E-state index < -0.39 is 0 Å². The van der Waals surface area contributed by atoms with Gasteiger partial charge in [-0.1, -0.05) is 11.3 Å². The summed E-state index contributed by atoms with van der Waals surface area (Å²) in [6.45, 7) is 4.52. The summed E-state index contributed by atoms with van der Waals surface area (Å²) in [6, 6.07) is 0. The van der Waals surface area contributed by atoms with Crippen LogP contribution in [-0.4, -0.2) is 60.8 Å². The summed E-state index contributed by atoms with van der Waals surface area (Å²) in [7, 11) is 6.24. The van der Waals surface area contributed by atoms with Crippen LogP contribution in [0, 0.1) is 5.92 Å². The second kappa shape index (κ2) is 5.75. The third kappa shape index (κ3) is 3.62. The lowest BCUT2D eigenvalue weighted by Gasteiger charge is -2.19. The van der Waals surface area contributed by atoms with E-state index in [9.17, 15) is 0 Å². The van der Waals surface area contributed by atoms with E-state index in [0.717, 1.165) is 29.1 Å². The van der Waals surface area contributed by atoms with Crippen molar-refractivity contribution >= 4 is 16.5 Å². The molecule has 0 spiro atoms. The summed E-state index contributed by atoms with van der Waals surface area (Å²) in [5, 5.41) is 13.2. The lowest BCUT2D eigenvalue weighted by molar-refractivity contribution is 0.266. The molecule has 0 bridgehead atoms. The molecule has 0 aliphatic carbocycles. The van der Waals surface area contributed by atoms with Crippen molar-refractivity contribution in [3.63, 3.8) is 0 Å². The molecular formula is C11H21N5S. The second-order valence-electron chi connectivity index (χ2n) is 4.86. The standard InChI is InChI=1S/C11H21N5S/c1-12-11-14-13-10(17-11)8-16(3)7-9-4-5-15(2)6-9/h9H,4-8H2,1-3H3,(H,12,14). The Morgan fingerprint density at radius 1 is 1.53 bits per heavy atom. The van der Waals surface area contributed by atoms with Crippen molar-refractivity contribution in [2.24, 2.45) is 5.92 Å². The number of hydrogen-bond acceptors (Lipinski definition) is 6. The van der Waals surface area contributed by atoms with E-state index in [2.05, 4.69) is 39.4 Å². The van der Waals surface area contributed by atoms with E-state index >= 15 is 0 Å². The Bertz CT molecular complexity index is 353. The fraction of sp³-hybridized carbons (Fsp3) is 0.818. The molecule has 1 atom stereocenters. The summed E-state index contributed by atoms with van der Waals surface area (Å²) in [6.07, 6.45) is 1.32. The average Bonchev–Trinajstić information content (AvgIpc) is 2.88. The van der Waals surface area contributed by atoms with Gasteiger partial charge in [-0.3, -0.25) is 4.90 Å². The molecule has 1 aliphatic rings. The fourth-order valence-electron chi connectivity index (χ4n) is 2.33. The highest BCUT2D eigenvalue weighted by molar-refractivity contribution is 7.15. The van der Waals surface area contributed by atoms with Crippen LogP contribution in [0.2, 0.25) is 0 Å². The van der Waals surface area contributed by atoms with Gasteiger partial charge in [0.15, 0.2) is 0 Å². The van der Waals surface area contributed by atoms with Crippen molar-refractivity contribution < 1.29 is 0 Å². The SMILES string of the molecule is CNc1nnc(CN(C)CC2CCN(C)C2)s1. The first-order valence-corrected chi connectivity index (χ1v) is 6.86. The summed E-state index contributed by atoms with van der Waals surface area (Å²) in [4.78, 5) is 4.76. The minimum absolute atomic E-state index is 0.807. The summed E-state index contributed by atoms with van der Waals surface area (Å²) in [5.74, 6) is 0.807. The molecule has 1 aromatic heterocycles. The van der Waals surface area contributed by atoms with Crippen molar-refractivity contribution in [3.8, 4) is 0 Å². The van der Waals surface area contributed by atoms with Crippen LogP contribution < -0.4 is 5.32 Å². The molecule has 2 heterocycles. The van der Waals surface area contributed by atoms with Gasteiger partial charge in [0.05, 0.1) is 6.54 Å². The van der Waals surface area contributed by atoms with Gasteiger partial charge in [-0.25, -0.2) is 0 Å². The molecule has 0 saturated carbocycles. The third-order valence-electron chi connectivity index (χ3n) is 3.14. The molecular weight excluding hydrogens is 234 g/mol. The van der Waals surface area contributed by atoms with Gasteiger partial charge >= 0.3 is 0 Å². The number of anilines is 1. The molecule has 1 saturated heterocycles. The molecule has 2 rings (SSSR count). The Labute approximate surface area is 107 Å². The summed E-state index contributed by atoms with van der Waals surface area (Å²) >= 11 is 1.63. The van der Waals surface area contributed by atoms with Gasteiger partial charge in [-0.2, -0.15) is 0 Å². The Kier molecular flexibility index (Phi) is 4.31. The van der Waals surface area contributed by atoms with Crippen LogP contribution >= 0.6 is 11.3 Å². The Morgan fingerprint density at radius 2 is 2.35 bits per heavy atom. The monoisotopic (exact) mass is 255 g/mol. The maximum Gasteiger partial charge on any atom is 0.205 e. The molecule has 1 aliphatic heterocycles. The van der Waals surface area contributed by atoms with Gasteiger partial charge in [0.2, 0.25) is 5.13 Å². The number of likely N-dealkylation sites (tertiary alicyclic amines) is 1. The van der Waals surface area contributed by atoms with Crippen molar-refractivity contribution in [3.05, 3.63) is 5.01 Å². The normalized spacial score (nSPS) is 21.3. The van der Waals surface area contributed by atoms with Crippen LogP contribution in [0.4, 0.5) is 5.13 Å². The predicted molar refractivity (Wildman–Crippen MR) is 71.4 cm³/mol. The molecule has 1 unspecified atom stereocenters. The van der Waals surface area contributed by atoms with E-state index in [1.807, 2.05) is 7.05 Å². The molecule has 0 aromatic carbocycles. The van der Waals surface area contributed by atoms with Crippen molar-refractivity contribution in [1.82, 2.24) is 20.0 Å². The maximum atomic E-state index is 4.17. The minimum atomic E-state index is 0.807. The first-order valence-electron chi connectivity index (χ1n) is 6.04. The van der Waals surface area contributed by atoms with Crippen LogP contribution in [0.1, 0.15) is 11.4 Å². The van der Waals surface area contributed by atoms with Gasteiger partial charge in [-0.05, 0) is 33.0 Å². The Balaban J connectivity index is 1.78. The smallest absolute Gasteiger partial charge is 0.205 e. The van der Waals surface area contributed by atoms with Crippen LogP contribution in [0.5, 0.6) is 0 Å². The van der Waals surface area contributed by atoms with Crippen molar-refractivity contribution in [2.75, 3.05) is 46.1 Å². The number of hydrogen-bond donors (Lipinski definition) is 1. The zero-order chi connectivity index (χ0) is 12.3. The summed E-state index contributed by atoms with van der Waals surface area (Å²) in [5.41, 5.74) is 0. The molecule has 0 amide bonds. The number of nitrogens with one attached hydrogen (secondary N) is 1. The van der Waals surface area contributed by atoms with Crippen LogP contribution in [0.25, 0.3) is 0 Å². The molecule has 96 valence electrons. The lowest BCUT2D eigenvalue weighted by atomic mass is 10.1. The topological polar surface area (TPSA) is 44.3 Å². The zero-order valence-corrected chi connectivity index (χ0v) is 11.6. The zero-order valence-electron chi connectivity index (χ0n) is 10.8. The van der Waals surface area contributed by atoms with Gasteiger partial charge in [0, 0.05) is 20.1 Å². The minimum Gasteiger partial charge on any atom is -0.363 e. The average molecular weight is 255 g/mol. The molecule has 17 heavy (non-hydrogen) atoms.